The Morgan fingerprint density at radius 3 is 2.44 bits per heavy atom. The summed E-state index contributed by atoms with van der Waals surface area (Å²) in [7, 11) is -2.49. The highest BCUT2D eigenvalue weighted by molar-refractivity contribution is 7.92. The molecular weight excluding hydrogens is 428 g/mol. The fourth-order valence-electron chi connectivity index (χ4n) is 3.82. The van der Waals surface area contributed by atoms with Crippen LogP contribution in [0.3, 0.4) is 0 Å². The van der Waals surface area contributed by atoms with Gasteiger partial charge in [-0.25, -0.2) is 8.42 Å². The van der Waals surface area contributed by atoms with E-state index in [1.54, 1.807) is 42.5 Å². The Morgan fingerprint density at radius 2 is 1.72 bits per heavy atom. The van der Waals surface area contributed by atoms with E-state index in [1.165, 1.54) is 38.5 Å². The topological polar surface area (TPSA) is 84.9 Å². The summed E-state index contributed by atoms with van der Waals surface area (Å²) in [5.74, 6) is -0.00577. The summed E-state index contributed by atoms with van der Waals surface area (Å²) < 4.78 is 39.0. The lowest BCUT2D eigenvalue weighted by Gasteiger charge is -2.25. The molecule has 1 fully saturated rings. The van der Waals surface area contributed by atoms with Gasteiger partial charge in [0, 0.05) is 13.2 Å². The highest BCUT2D eigenvalue weighted by Crippen LogP contribution is 2.32. The molecular formula is C24H32N2O5S. The lowest BCUT2D eigenvalue weighted by atomic mass is 9.98. The molecule has 32 heavy (non-hydrogen) atoms. The van der Waals surface area contributed by atoms with Gasteiger partial charge in [0.2, 0.25) is 5.91 Å². The fraction of sp³-hybridized carbons (Fsp3) is 0.458. The summed E-state index contributed by atoms with van der Waals surface area (Å²) in [6, 6.07) is 14.8. The average Bonchev–Trinajstić information content (AvgIpc) is 2.83. The minimum atomic E-state index is -3.96. The second-order valence-electron chi connectivity index (χ2n) is 7.83. The number of ether oxygens (including phenoxy) is 2. The van der Waals surface area contributed by atoms with Crippen molar-refractivity contribution < 1.29 is 22.7 Å². The van der Waals surface area contributed by atoms with Gasteiger partial charge in [-0.1, -0.05) is 49.6 Å². The minimum Gasteiger partial charge on any atom is -0.495 e. The number of benzene rings is 2. The Morgan fingerprint density at radius 1 is 1.03 bits per heavy atom. The second kappa shape index (κ2) is 11.9. The number of methoxy groups -OCH3 is 1. The summed E-state index contributed by atoms with van der Waals surface area (Å²) in [6.45, 7) is 0.668. The summed E-state index contributed by atoms with van der Waals surface area (Å²) >= 11 is 0. The largest absolute Gasteiger partial charge is 0.495 e. The van der Waals surface area contributed by atoms with E-state index in [4.69, 9.17) is 9.47 Å². The number of carbonyl (C=O) groups is 1. The van der Waals surface area contributed by atoms with Crippen molar-refractivity contribution in [1.82, 2.24) is 5.32 Å². The molecule has 0 spiro atoms. The predicted molar refractivity (Wildman–Crippen MR) is 124 cm³/mol. The van der Waals surface area contributed by atoms with Crippen LogP contribution < -0.4 is 14.4 Å². The van der Waals surface area contributed by atoms with Gasteiger partial charge in [-0.15, -0.1) is 0 Å². The van der Waals surface area contributed by atoms with E-state index in [-0.39, 0.29) is 17.3 Å². The highest BCUT2D eigenvalue weighted by Gasteiger charge is 2.29. The molecule has 0 saturated heterocycles. The van der Waals surface area contributed by atoms with Gasteiger partial charge >= 0.3 is 0 Å². The first-order valence-electron chi connectivity index (χ1n) is 11.1. The Bertz CT molecular complexity index is 959. The molecule has 0 bridgehead atoms. The van der Waals surface area contributed by atoms with Gasteiger partial charge in [0.15, 0.2) is 0 Å². The van der Waals surface area contributed by atoms with Crippen molar-refractivity contribution >= 4 is 21.6 Å². The van der Waals surface area contributed by atoms with Crippen LogP contribution >= 0.6 is 0 Å². The van der Waals surface area contributed by atoms with Crippen LogP contribution in [0.2, 0.25) is 0 Å². The standard InChI is InChI=1S/C24H32N2O5S/c1-30-23-16-9-8-15-22(23)26(32(28,29)21-13-6-3-7-14-21)19-24(27)25-17-10-18-31-20-11-4-2-5-12-20/h3,6-9,13-16,20H,2,4-5,10-12,17-19H2,1H3,(H,25,27). The Labute approximate surface area is 190 Å². The van der Waals surface area contributed by atoms with E-state index in [1.807, 2.05) is 0 Å². The number of sulfonamides is 1. The van der Waals surface area contributed by atoms with E-state index in [0.29, 0.717) is 37.1 Å². The van der Waals surface area contributed by atoms with Gasteiger partial charge < -0.3 is 14.8 Å². The third-order valence-electron chi connectivity index (χ3n) is 5.52. The zero-order valence-electron chi connectivity index (χ0n) is 18.5. The van der Waals surface area contributed by atoms with Crippen molar-refractivity contribution in [3.05, 3.63) is 54.6 Å². The first-order chi connectivity index (χ1) is 15.5. The van der Waals surface area contributed by atoms with Gasteiger partial charge in [0.1, 0.15) is 12.3 Å². The van der Waals surface area contributed by atoms with Crippen molar-refractivity contribution in [3.63, 3.8) is 0 Å². The van der Waals surface area contributed by atoms with Crippen molar-refractivity contribution in [1.29, 1.82) is 0 Å². The average molecular weight is 461 g/mol. The number of para-hydroxylation sites is 2. The Balaban J connectivity index is 1.64. The first kappa shape index (κ1) is 24.1. The lowest BCUT2D eigenvalue weighted by Crippen LogP contribution is -2.41. The van der Waals surface area contributed by atoms with Crippen molar-refractivity contribution in [2.75, 3.05) is 31.1 Å². The van der Waals surface area contributed by atoms with Gasteiger partial charge in [-0.3, -0.25) is 9.10 Å². The van der Waals surface area contributed by atoms with Crippen molar-refractivity contribution in [2.24, 2.45) is 0 Å². The molecule has 1 N–H and O–H groups in total. The van der Waals surface area contributed by atoms with Gasteiger partial charge in [0.05, 0.1) is 23.8 Å². The highest BCUT2D eigenvalue weighted by atomic mass is 32.2. The van der Waals surface area contributed by atoms with Crippen LogP contribution in [-0.4, -0.2) is 47.2 Å². The van der Waals surface area contributed by atoms with E-state index < -0.39 is 10.0 Å². The van der Waals surface area contributed by atoms with Gasteiger partial charge in [-0.2, -0.15) is 0 Å². The number of carbonyl (C=O) groups excluding carboxylic acids is 1. The third kappa shape index (κ3) is 6.46. The number of rotatable bonds is 11. The molecule has 2 aromatic rings. The number of anilines is 1. The number of nitrogens with one attached hydrogen (secondary N) is 1. The molecule has 1 aliphatic rings. The molecule has 0 unspecified atom stereocenters. The Kier molecular flexibility index (Phi) is 8.93. The number of hydrogen-bond acceptors (Lipinski definition) is 5. The maximum Gasteiger partial charge on any atom is 0.264 e. The second-order valence-corrected chi connectivity index (χ2v) is 9.69. The van der Waals surface area contributed by atoms with Crippen LogP contribution in [0.1, 0.15) is 38.5 Å². The zero-order valence-corrected chi connectivity index (χ0v) is 19.4. The van der Waals surface area contributed by atoms with Gasteiger partial charge in [-0.05, 0) is 43.5 Å². The van der Waals surface area contributed by atoms with E-state index in [2.05, 4.69) is 5.32 Å². The van der Waals surface area contributed by atoms with E-state index >= 15 is 0 Å². The molecule has 8 heteroatoms. The normalized spacial score (nSPS) is 14.7. The molecule has 174 valence electrons. The summed E-state index contributed by atoms with van der Waals surface area (Å²) in [5, 5.41) is 2.82. The first-order valence-corrected chi connectivity index (χ1v) is 12.6. The third-order valence-corrected chi connectivity index (χ3v) is 7.30. The molecule has 1 amide bonds. The lowest BCUT2D eigenvalue weighted by molar-refractivity contribution is -0.119. The maximum absolute atomic E-state index is 13.4. The van der Waals surface area contributed by atoms with Crippen molar-refractivity contribution in [3.8, 4) is 5.75 Å². The SMILES string of the molecule is COc1ccccc1N(CC(=O)NCCCOC1CCCCC1)S(=O)(=O)c1ccccc1. The predicted octanol–water partition coefficient (Wildman–Crippen LogP) is 3.75. The molecule has 0 heterocycles. The maximum atomic E-state index is 13.4. The Hall–Kier alpha value is -2.58. The van der Waals surface area contributed by atoms with Crippen LogP contribution in [0.25, 0.3) is 0 Å². The summed E-state index contributed by atoms with van der Waals surface area (Å²) in [4.78, 5) is 12.8. The van der Waals surface area contributed by atoms with E-state index in [9.17, 15) is 13.2 Å². The number of amides is 1. The molecule has 2 aromatic carbocycles. The summed E-state index contributed by atoms with van der Waals surface area (Å²) in [5.41, 5.74) is 0.314. The number of hydrogen-bond donors (Lipinski definition) is 1. The fourth-order valence-corrected chi connectivity index (χ4v) is 5.28. The van der Waals surface area contributed by atoms with Gasteiger partial charge in [0.25, 0.3) is 10.0 Å². The van der Waals surface area contributed by atoms with Crippen LogP contribution in [0.5, 0.6) is 5.75 Å². The number of nitrogens with zero attached hydrogens (tertiary/aromatic N) is 1. The molecule has 0 atom stereocenters. The smallest absolute Gasteiger partial charge is 0.264 e. The molecule has 0 aromatic heterocycles. The minimum absolute atomic E-state index is 0.111. The molecule has 0 radical (unpaired) electrons. The van der Waals surface area contributed by atoms with Crippen LogP contribution in [0.15, 0.2) is 59.5 Å². The molecule has 1 aliphatic carbocycles. The van der Waals surface area contributed by atoms with Crippen LogP contribution in [0, 0.1) is 0 Å². The summed E-state index contributed by atoms with van der Waals surface area (Å²) in [6.07, 6.45) is 6.95. The molecule has 3 rings (SSSR count). The van der Waals surface area contributed by atoms with Crippen LogP contribution in [0.4, 0.5) is 5.69 Å². The quantitative estimate of drug-likeness (QED) is 0.516. The van der Waals surface area contributed by atoms with E-state index in [0.717, 1.165) is 17.1 Å². The molecule has 0 aliphatic heterocycles. The molecule has 1 saturated carbocycles. The zero-order chi connectivity index (χ0) is 22.8. The van der Waals surface area contributed by atoms with Crippen molar-refractivity contribution in [2.45, 2.75) is 49.5 Å². The molecule has 7 nitrogen and oxygen atoms in total. The monoisotopic (exact) mass is 460 g/mol. The van der Waals surface area contributed by atoms with Crippen LogP contribution in [-0.2, 0) is 19.6 Å².